The lowest BCUT2D eigenvalue weighted by Crippen LogP contribution is -2.36. The molecule has 0 saturated carbocycles. The minimum atomic E-state index is -0.554. The van der Waals surface area contributed by atoms with Crippen LogP contribution in [0.4, 0.5) is 0 Å². The van der Waals surface area contributed by atoms with E-state index in [2.05, 4.69) is 26.0 Å². The molecule has 0 aliphatic carbocycles. The zero-order valence-electron chi connectivity index (χ0n) is 9.33. The first-order chi connectivity index (χ1) is 6.58. The van der Waals surface area contributed by atoms with Gasteiger partial charge >= 0.3 is 0 Å². The lowest BCUT2D eigenvalue weighted by molar-refractivity contribution is -0.00828. The summed E-state index contributed by atoms with van der Waals surface area (Å²) in [6, 6.07) is 10.2. The highest BCUT2D eigenvalue weighted by Gasteiger charge is 2.28. The Morgan fingerprint density at radius 3 is 2.21 bits per heavy atom. The smallest absolute Gasteiger partial charge is 0.0708 e. The Morgan fingerprint density at radius 1 is 1.21 bits per heavy atom. The van der Waals surface area contributed by atoms with Gasteiger partial charge in [0.05, 0.1) is 5.60 Å². The number of rotatable bonds is 4. The molecule has 1 nitrogen and oxygen atoms in total. The van der Waals surface area contributed by atoms with Crippen LogP contribution in [0.3, 0.4) is 0 Å². The summed E-state index contributed by atoms with van der Waals surface area (Å²) in [5.41, 5.74) is 0.659. The number of hydrogen-bond acceptors (Lipinski definition) is 1. The molecule has 0 saturated heterocycles. The third kappa shape index (κ3) is 2.58. The molecule has 0 radical (unpaired) electrons. The largest absolute Gasteiger partial charge is 0.389 e. The van der Waals surface area contributed by atoms with Crippen LogP contribution in [0.25, 0.3) is 0 Å². The van der Waals surface area contributed by atoms with Gasteiger partial charge in [-0.3, -0.25) is 0 Å². The van der Waals surface area contributed by atoms with Gasteiger partial charge in [-0.05, 0) is 17.9 Å². The fraction of sp³-hybridized carbons (Fsp3) is 0.538. The predicted molar refractivity (Wildman–Crippen MR) is 60.2 cm³/mol. The van der Waals surface area contributed by atoms with E-state index in [1.54, 1.807) is 0 Å². The Balaban J connectivity index is 2.76. The summed E-state index contributed by atoms with van der Waals surface area (Å²) >= 11 is 0. The molecule has 1 atom stereocenters. The van der Waals surface area contributed by atoms with Crippen molar-refractivity contribution in [1.82, 2.24) is 0 Å². The van der Waals surface area contributed by atoms with Gasteiger partial charge in [0, 0.05) is 6.42 Å². The monoisotopic (exact) mass is 192 g/mol. The first-order valence-corrected chi connectivity index (χ1v) is 5.35. The molecule has 14 heavy (non-hydrogen) atoms. The lowest BCUT2D eigenvalue weighted by Gasteiger charge is -2.31. The van der Waals surface area contributed by atoms with E-state index in [1.165, 1.54) is 5.56 Å². The van der Waals surface area contributed by atoms with Crippen LogP contribution in [-0.4, -0.2) is 10.7 Å². The summed E-state index contributed by atoms with van der Waals surface area (Å²) in [6.45, 7) is 6.20. The molecule has 1 rings (SSSR count). The molecule has 0 heterocycles. The maximum absolute atomic E-state index is 10.4. The molecule has 0 aliphatic heterocycles. The molecule has 78 valence electrons. The van der Waals surface area contributed by atoms with Crippen LogP contribution in [0, 0.1) is 5.92 Å². The van der Waals surface area contributed by atoms with Crippen LogP contribution < -0.4 is 0 Å². The third-order valence-electron chi connectivity index (χ3n) is 3.04. The summed E-state index contributed by atoms with van der Waals surface area (Å²) in [7, 11) is 0. The molecule has 0 spiro atoms. The van der Waals surface area contributed by atoms with Crippen LogP contribution in [0.15, 0.2) is 30.3 Å². The van der Waals surface area contributed by atoms with Crippen molar-refractivity contribution in [1.29, 1.82) is 0 Å². The quantitative estimate of drug-likeness (QED) is 0.777. The van der Waals surface area contributed by atoms with E-state index in [9.17, 15) is 5.11 Å². The van der Waals surface area contributed by atoms with Crippen molar-refractivity contribution in [2.75, 3.05) is 0 Å². The molecule has 1 unspecified atom stereocenters. The molecule has 0 fully saturated rings. The standard InChI is InChI=1S/C13H20O/c1-4-13(14,11(2)3)10-12-8-6-5-7-9-12/h5-9,11,14H,4,10H2,1-3H3. The highest BCUT2D eigenvalue weighted by molar-refractivity contribution is 5.17. The van der Waals surface area contributed by atoms with Gasteiger partial charge in [-0.25, -0.2) is 0 Å². The first-order valence-electron chi connectivity index (χ1n) is 5.35. The molecule has 0 aromatic heterocycles. The number of benzene rings is 1. The summed E-state index contributed by atoms with van der Waals surface area (Å²) < 4.78 is 0. The maximum Gasteiger partial charge on any atom is 0.0708 e. The fourth-order valence-electron chi connectivity index (χ4n) is 1.69. The van der Waals surface area contributed by atoms with E-state index in [4.69, 9.17) is 0 Å². The molecule has 1 aromatic rings. The van der Waals surface area contributed by atoms with E-state index >= 15 is 0 Å². The van der Waals surface area contributed by atoms with Crippen molar-refractivity contribution in [2.24, 2.45) is 5.92 Å². The number of hydrogen-bond donors (Lipinski definition) is 1. The van der Waals surface area contributed by atoms with Crippen LogP contribution in [0.2, 0.25) is 0 Å². The van der Waals surface area contributed by atoms with Crippen molar-refractivity contribution >= 4 is 0 Å². The Labute approximate surface area is 86.8 Å². The van der Waals surface area contributed by atoms with Crippen molar-refractivity contribution in [3.05, 3.63) is 35.9 Å². The summed E-state index contributed by atoms with van der Waals surface area (Å²) in [4.78, 5) is 0. The predicted octanol–water partition coefficient (Wildman–Crippen LogP) is 3.03. The van der Waals surface area contributed by atoms with E-state index in [0.717, 1.165) is 12.8 Å². The summed E-state index contributed by atoms with van der Waals surface area (Å²) in [6.07, 6.45) is 1.56. The third-order valence-corrected chi connectivity index (χ3v) is 3.04. The maximum atomic E-state index is 10.4. The number of aliphatic hydroxyl groups is 1. The Morgan fingerprint density at radius 2 is 1.79 bits per heavy atom. The highest BCUT2D eigenvalue weighted by Crippen LogP contribution is 2.25. The van der Waals surface area contributed by atoms with Gasteiger partial charge in [0.15, 0.2) is 0 Å². The van der Waals surface area contributed by atoms with E-state index in [1.807, 2.05) is 25.1 Å². The van der Waals surface area contributed by atoms with Crippen LogP contribution in [0.5, 0.6) is 0 Å². The van der Waals surface area contributed by atoms with E-state index < -0.39 is 5.60 Å². The average molecular weight is 192 g/mol. The molecule has 0 aliphatic rings. The van der Waals surface area contributed by atoms with Crippen LogP contribution in [0.1, 0.15) is 32.8 Å². The van der Waals surface area contributed by atoms with Gasteiger partial charge in [0.25, 0.3) is 0 Å². The fourth-order valence-corrected chi connectivity index (χ4v) is 1.69. The molecule has 1 aromatic carbocycles. The molecule has 1 heteroatoms. The lowest BCUT2D eigenvalue weighted by atomic mass is 9.82. The topological polar surface area (TPSA) is 20.2 Å². The minimum Gasteiger partial charge on any atom is -0.389 e. The van der Waals surface area contributed by atoms with Crippen LogP contribution >= 0.6 is 0 Å². The Kier molecular flexibility index (Phi) is 3.70. The van der Waals surface area contributed by atoms with Gasteiger partial charge in [-0.1, -0.05) is 51.1 Å². The Bertz CT molecular complexity index is 266. The van der Waals surface area contributed by atoms with Crippen molar-refractivity contribution < 1.29 is 5.11 Å². The summed E-state index contributed by atoms with van der Waals surface area (Å²) in [5, 5.41) is 10.4. The van der Waals surface area contributed by atoms with E-state index in [-0.39, 0.29) is 0 Å². The van der Waals surface area contributed by atoms with Crippen molar-refractivity contribution in [2.45, 2.75) is 39.2 Å². The molecule has 1 N–H and O–H groups in total. The van der Waals surface area contributed by atoms with Crippen molar-refractivity contribution in [3.8, 4) is 0 Å². The second-order valence-corrected chi connectivity index (χ2v) is 4.27. The zero-order chi connectivity index (χ0) is 10.6. The molecular weight excluding hydrogens is 172 g/mol. The highest BCUT2D eigenvalue weighted by atomic mass is 16.3. The second-order valence-electron chi connectivity index (χ2n) is 4.27. The normalized spacial score (nSPS) is 15.5. The molecule has 0 amide bonds. The minimum absolute atomic E-state index is 0.299. The second kappa shape index (κ2) is 4.61. The average Bonchev–Trinajstić information content (AvgIpc) is 2.19. The van der Waals surface area contributed by atoms with Crippen LogP contribution in [-0.2, 0) is 6.42 Å². The zero-order valence-corrected chi connectivity index (χ0v) is 9.33. The SMILES string of the molecule is CCC(O)(Cc1ccccc1)C(C)C. The van der Waals surface area contributed by atoms with Gasteiger partial charge in [-0.15, -0.1) is 0 Å². The molecular formula is C13H20O. The molecule has 0 bridgehead atoms. The van der Waals surface area contributed by atoms with E-state index in [0.29, 0.717) is 5.92 Å². The van der Waals surface area contributed by atoms with Gasteiger partial charge in [0.2, 0.25) is 0 Å². The Hall–Kier alpha value is -0.820. The van der Waals surface area contributed by atoms with Crippen molar-refractivity contribution in [3.63, 3.8) is 0 Å². The van der Waals surface area contributed by atoms with Gasteiger partial charge in [-0.2, -0.15) is 0 Å². The first kappa shape index (κ1) is 11.3. The van der Waals surface area contributed by atoms with Gasteiger partial charge in [0.1, 0.15) is 0 Å². The van der Waals surface area contributed by atoms with Gasteiger partial charge < -0.3 is 5.11 Å². The summed E-state index contributed by atoms with van der Waals surface area (Å²) in [5.74, 6) is 0.299.